The van der Waals surface area contributed by atoms with Crippen molar-refractivity contribution in [3.05, 3.63) is 69.8 Å². The second-order valence-electron chi connectivity index (χ2n) is 7.46. The van der Waals surface area contributed by atoms with E-state index in [1.165, 1.54) is 12.1 Å². The number of ether oxygens (including phenoxy) is 1. The second kappa shape index (κ2) is 9.17. The quantitative estimate of drug-likeness (QED) is 0.530. The normalized spacial score (nSPS) is 19.5. The summed E-state index contributed by atoms with van der Waals surface area (Å²) in [5, 5.41) is 11.1. The SMILES string of the molecule is CC1CN(C(=O)COc2cc(F)ccc2[N+](=O)[O-])C(C)CN1Cc1ccc(F)cc1. The maximum absolute atomic E-state index is 13.4. The molecule has 2 atom stereocenters. The van der Waals surface area contributed by atoms with Gasteiger partial charge in [0, 0.05) is 43.9 Å². The van der Waals surface area contributed by atoms with Gasteiger partial charge < -0.3 is 9.64 Å². The maximum atomic E-state index is 13.4. The Morgan fingerprint density at radius 1 is 1.10 bits per heavy atom. The third-order valence-electron chi connectivity index (χ3n) is 5.20. The van der Waals surface area contributed by atoms with Gasteiger partial charge in [-0.15, -0.1) is 0 Å². The molecule has 1 saturated heterocycles. The topological polar surface area (TPSA) is 75.9 Å². The third-order valence-corrected chi connectivity index (χ3v) is 5.20. The number of nitro groups is 1. The first-order valence-electron chi connectivity index (χ1n) is 9.59. The van der Waals surface area contributed by atoms with Gasteiger partial charge in [-0.25, -0.2) is 8.78 Å². The zero-order valence-corrected chi connectivity index (χ0v) is 16.8. The Kier molecular flexibility index (Phi) is 6.61. The Bertz CT molecular complexity index is 923. The number of nitrogens with zero attached hydrogens (tertiary/aromatic N) is 3. The van der Waals surface area contributed by atoms with Gasteiger partial charge in [-0.2, -0.15) is 0 Å². The molecule has 160 valence electrons. The number of carbonyl (C=O) groups is 1. The van der Waals surface area contributed by atoms with E-state index >= 15 is 0 Å². The molecule has 1 heterocycles. The smallest absolute Gasteiger partial charge is 0.311 e. The van der Waals surface area contributed by atoms with Crippen molar-refractivity contribution in [1.82, 2.24) is 9.80 Å². The van der Waals surface area contributed by atoms with Gasteiger partial charge in [-0.3, -0.25) is 19.8 Å². The first-order chi connectivity index (χ1) is 14.2. The summed E-state index contributed by atoms with van der Waals surface area (Å²) in [6.07, 6.45) is 0. The minimum Gasteiger partial charge on any atom is -0.477 e. The molecule has 1 aliphatic rings. The summed E-state index contributed by atoms with van der Waals surface area (Å²) in [5.41, 5.74) is 0.590. The highest BCUT2D eigenvalue weighted by Crippen LogP contribution is 2.27. The lowest BCUT2D eigenvalue weighted by atomic mass is 10.1. The molecule has 1 fully saturated rings. The molecule has 30 heavy (non-hydrogen) atoms. The fourth-order valence-electron chi connectivity index (χ4n) is 3.57. The molecule has 0 N–H and O–H groups in total. The molecule has 1 aliphatic heterocycles. The van der Waals surface area contributed by atoms with E-state index in [-0.39, 0.29) is 29.6 Å². The zero-order chi connectivity index (χ0) is 21.8. The highest BCUT2D eigenvalue weighted by molar-refractivity contribution is 5.78. The Morgan fingerprint density at radius 3 is 2.43 bits per heavy atom. The molecule has 0 radical (unpaired) electrons. The number of halogens is 2. The second-order valence-corrected chi connectivity index (χ2v) is 7.46. The fraction of sp³-hybridized carbons (Fsp3) is 0.381. The lowest BCUT2D eigenvalue weighted by molar-refractivity contribution is -0.385. The van der Waals surface area contributed by atoms with Crippen LogP contribution in [0.25, 0.3) is 0 Å². The number of hydrogen-bond acceptors (Lipinski definition) is 5. The van der Waals surface area contributed by atoms with E-state index in [2.05, 4.69) is 4.90 Å². The van der Waals surface area contributed by atoms with Crippen LogP contribution in [0.15, 0.2) is 42.5 Å². The van der Waals surface area contributed by atoms with E-state index in [0.29, 0.717) is 19.6 Å². The van der Waals surface area contributed by atoms with Gasteiger partial charge in [0.25, 0.3) is 5.91 Å². The van der Waals surface area contributed by atoms with E-state index in [1.807, 2.05) is 13.8 Å². The largest absolute Gasteiger partial charge is 0.477 e. The molecule has 3 rings (SSSR count). The van der Waals surface area contributed by atoms with Crippen molar-refractivity contribution in [2.45, 2.75) is 32.5 Å². The third kappa shape index (κ3) is 5.10. The van der Waals surface area contributed by atoms with Gasteiger partial charge in [0.05, 0.1) is 4.92 Å². The standard InChI is InChI=1S/C21H23F2N3O4/c1-14-11-25(15(2)10-24(14)12-16-3-5-17(22)6-4-16)21(27)13-30-20-9-18(23)7-8-19(20)26(28)29/h3-9,14-15H,10-13H2,1-2H3. The van der Waals surface area contributed by atoms with Crippen LogP contribution in [-0.4, -0.2) is 52.4 Å². The minimum absolute atomic E-state index is 0.0544. The van der Waals surface area contributed by atoms with Crippen molar-refractivity contribution in [2.24, 2.45) is 0 Å². The van der Waals surface area contributed by atoms with E-state index in [4.69, 9.17) is 4.74 Å². The van der Waals surface area contributed by atoms with Gasteiger partial charge in [-0.05, 0) is 37.6 Å². The van der Waals surface area contributed by atoms with Crippen LogP contribution in [0.3, 0.4) is 0 Å². The molecule has 2 aromatic carbocycles. The van der Waals surface area contributed by atoms with Gasteiger partial charge in [0.1, 0.15) is 11.6 Å². The van der Waals surface area contributed by atoms with Gasteiger partial charge in [0.15, 0.2) is 6.61 Å². The minimum atomic E-state index is -0.682. The molecular weight excluding hydrogens is 396 g/mol. The number of benzene rings is 2. The Labute approximate surface area is 173 Å². The van der Waals surface area contributed by atoms with E-state index in [0.717, 1.165) is 23.8 Å². The summed E-state index contributed by atoms with van der Waals surface area (Å²) in [5.74, 6) is -1.56. The lowest BCUT2D eigenvalue weighted by Crippen LogP contribution is -2.58. The van der Waals surface area contributed by atoms with Crippen molar-refractivity contribution in [1.29, 1.82) is 0 Å². The van der Waals surface area contributed by atoms with E-state index in [1.54, 1.807) is 17.0 Å². The molecule has 2 unspecified atom stereocenters. The summed E-state index contributed by atoms with van der Waals surface area (Å²) in [6.45, 7) is 5.19. The summed E-state index contributed by atoms with van der Waals surface area (Å²) in [6, 6.07) is 9.15. The van der Waals surface area contributed by atoms with Crippen molar-refractivity contribution >= 4 is 11.6 Å². The molecule has 9 heteroatoms. The van der Waals surface area contributed by atoms with Crippen LogP contribution in [0, 0.1) is 21.7 Å². The van der Waals surface area contributed by atoms with Crippen molar-refractivity contribution < 1.29 is 23.2 Å². The molecule has 1 amide bonds. The average Bonchev–Trinajstić information content (AvgIpc) is 2.70. The highest BCUT2D eigenvalue weighted by Gasteiger charge is 2.32. The molecule has 0 aromatic heterocycles. The van der Waals surface area contributed by atoms with Crippen LogP contribution in [0.4, 0.5) is 14.5 Å². The number of hydrogen-bond donors (Lipinski definition) is 0. The van der Waals surface area contributed by atoms with Crippen LogP contribution < -0.4 is 4.74 Å². The monoisotopic (exact) mass is 419 g/mol. The molecule has 7 nitrogen and oxygen atoms in total. The molecular formula is C21H23F2N3O4. The fourth-order valence-corrected chi connectivity index (χ4v) is 3.57. The molecule has 0 aliphatic carbocycles. The number of carbonyl (C=O) groups excluding carboxylic acids is 1. The van der Waals surface area contributed by atoms with Gasteiger partial charge >= 0.3 is 5.69 Å². The first kappa shape index (κ1) is 21.6. The molecule has 0 saturated carbocycles. The lowest BCUT2D eigenvalue weighted by Gasteiger charge is -2.44. The van der Waals surface area contributed by atoms with Crippen LogP contribution in [0.2, 0.25) is 0 Å². The molecule has 0 bridgehead atoms. The zero-order valence-electron chi connectivity index (χ0n) is 16.8. The van der Waals surface area contributed by atoms with E-state index in [9.17, 15) is 23.7 Å². The Morgan fingerprint density at radius 2 is 1.77 bits per heavy atom. The molecule has 2 aromatic rings. The van der Waals surface area contributed by atoms with Crippen LogP contribution in [0.1, 0.15) is 19.4 Å². The van der Waals surface area contributed by atoms with Crippen LogP contribution in [0.5, 0.6) is 5.75 Å². The Hall–Kier alpha value is -3.07. The van der Waals surface area contributed by atoms with Crippen molar-refractivity contribution in [3.63, 3.8) is 0 Å². The highest BCUT2D eigenvalue weighted by atomic mass is 19.1. The Balaban J connectivity index is 1.61. The van der Waals surface area contributed by atoms with Crippen LogP contribution in [-0.2, 0) is 11.3 Å². The summed E-state index contributed by atoms with van der Waals surface area (Å²) >= 11 is 0. The average molecular weight is 419 g/mol. The maximum Gasteiger partial charge on any atom is 0.311 e. The summed E-state index contributed by atoms with van der Waals surface area (Å²) in [7, 11) is 0. The van der Waals surface area contributed by atoms with E-state index < -0.39 is 23.0 Å². The summed E-state index contributed by atoms with van der Waals surface area (Å²) in [4.78, 5) is 26.9. The van der Waals surface area contributed by atoms with Crippen molar-refractivity contribution in [3.8, 4) is 5.75 Å². The number of nitro benzene ring substituents is 1. The summed E-state index contributed by atoms with van der Waals surface area (Å²) < 4.78 is 31.8. The number of rotatable bonds is 6. The first-order valence-corrected chi connectivity index (χ1v) is 9.59. The predicted octanol–water partition coefficient (Wildman–Crippen LogP) is 3.37. The van der Waals surface area contributed by atoms with Gasteiger partial charge in [-0.1, -0.05) is 12.1 Å². The number of piperazine rings is 1. The van der Waals surface area contributed by atoms with Gasteiger partial charge in [0.2, 0.25) is 5.75 Å². The number of amides is 1. The predicted molar refractivity (Wildman–Crippen MR) is 106 cm³/mol. The van der Waals surface area contributed by atoms with Crippen LogP contribution >= 0.6 is 0 Å². The molecule has 0 spiro atoms. The van der Waals surface area contributed by atoms with Crippen molar-refractivity contribution in [2.75, 3.05) is 19.7 Å².